The monoisotopic (exact) mass is 282 g/mol. The Morgan fingerprint density at radius 3 is 2.76 bits per heavy atom. The predicted octanol–water partition coefficient (Wildman–Crippen LogP) is 2.49. The van der Waals surface area contributed by atoms with Gasteiger partial charge >= 0.3 is 0 Å². The van der Waals surface area contributed by atoms with Gasteiger partial charge in [-0.05, 0) is 37.8 Å². The molecule has 1 aromatic carbocycles. The van der Waals surface area contributed by atoms with Crippen LogP contribution in [0.25, 0.3) is 21.8 Å². The van der Waals surface area contributed by atoms with Crippen molar-refractivity contribution in [3.8, 4) is 0 Å². The number of fused-ring (bicyclic) bond motifs is 3. The van der Waals surface area contributed by atoms with Crippen molar-refractivity contribution in [2.45, 2.75) is 26.2 Å². The molecule has 2 heterocycles. The molecule has 3 rings (SSSR count). The summed E-state index contributed by atoms with van der Waals surface area (Å²) < 4.78 is 0. The van der Waals surface area contributed by atoms with Crippen molar-refractivity contribution in [3.05, 3.63) is 41.7 Å². The number of hydrogen-bond acceptors (Lipinski definition) is 1. The maximum Gasteiger partial charge on any atom is 0.0766 e. The van der Waals surface area contributed by atoms with Gasteiger partial charge in [0.2, 0.25) is 0 Å². The summed E-state index contributed by atoms with van der Waals surface area (Å²) in [6, 6.07) is 8.56. The minimum atomic E-state index is 1.09. The number of quaternary nitrogens is 1. The van der Waals surface area contributed by atoms with Gasteiger partial charge in [-0.3, -0.25) is 4.98 Å². The van der Waals surface area contributed by atoms with Crippen LogP contribution in [0.2, 0.25) is 0 Å². The van der Waals surface area contributed by atoms with Gasteiger partial charge in [-0.25, -0.2) is 0 Å². The van der Waals surface area contributed by atoms with E-state index >= 15 is 0 Å². The maximum atomic E-state index is 4.58. The highest BCUT2D eigenvalue weighted by Gasteiger charge is 2.11. The fourth-order valence-electron chi connectivity index (χ4n) is 3.03. The van der Waals surface area contributed by atoms with E-state index in [-0.39, 0.29) is 0 Å². The third-order valence-electron chi connectivity index (χ3n) is 4.18. The fourth-order valence-corrected chi connectivity index (χ4v) is 3.03. The molecule has 3 aromatic rings. The number of aryl methyl sites for hydroxylation is 2. The molecule has 0 fully saturated rings. The fraction of sp³-hybridized carbons (Fsp3) is 0.389. The quantitative estimate of drug-likeness (QED) is 0.693. The number of nitrogens with one attached hydrogen (secondary N) is 2. The van der Waals surface area contributed by atoms with Gasteiger partial charge in [0.05, 0.1) is 31.9 Å². The van der Waals surface area contributed by atoms with Crippen molar-refractivity contribution in [1.29, 1.82) is 0 Å². The van der Waals surface area contributed by atoms with Crippen LogP contribution in [0, 0.1) is 6.92 Å². The maximum absolute atomic E-state index is 4.58. The van der Waals surface area contributed by atoms with Gasteiger partial charge < -0.3 is 9.88 Å². The number of unbranched alkanes of at least 4 members (excludes halogenated alkanes) is 1. The van der Waals surface area contributed by atoms with Crippen molar-refractivity contribution in [2.24, 2.45) is 0 Å². The molecule has 0 unspecified atom stereocenters. The van der Waals surface area contributed by atoms with Gasteiger partial charge in [-0.15, -0.1) is 0 Å². The summed E-state index contributed by atoms with van der Waals surface area (Å²) in [6.07, 6.45) is 5.67. The summed E-state index contributed by atoms with van der Waals surface area (Å²) >= 11 is 0. The summed E-state index contributed by atoms with van der Waals surface area (Å²) in [5.74, 6) is 0. The van der Waals surface area contributed by atoms with Crippen molar-refractivity contribution in [2.75, 3.05) is 20.6 Å². The molecule has 3 heteroatoms. The third-order valence-corrected chi connectivity index (χ3v) is 4.18. The normalized spacial score (nSPS) is 11.8. The number of rotatable bonds is 5. The summed E-state index contributed by atoms with van der Waals surface area (Å²) in [5.41, 5.74) is 4.87. The van der Waals surface area contributed by atoms with E-state index in [1.807, 2.05) is 0 Å². The number of pyridine rings is 1. The molecule has 0 saturated carbocycles. The van der Waals surface area contributed by atoms with E-state index in [1.54, 1.807) is 0 Å². The first kappa shape index (κ1) is 14.1. The summed E-state index contributed by atoms with van der Waals surface area (Å²) in [7, 11) is 4.43. The lowest BCUT2D eigenvalue weighted by molar-refractivity contribution is -0.858. The molecule has 0 aliphatic carbocycles. The Morgan fingerprint density at radius 2 is 1.95 bits per heavy atom. The second-order valence-corrected chi connectivity index (χ2v) is 6.20. The zero-order valence-electron chi connectivity index (χ0n) is 13.2. The number of benzene rings is 1. The Balaban J connectivity index is 1.96. The van der Waals surface area contributed by atoms with Crippen LogP contribution in [0.1, 0.15) is 24.1 Å². The third kappa shape index (κ3) is 2.79. The van der Waals surface area contributed by atoms with Gasteiger partial charge in [0, 0.05) is 22.5 Å². The highest BCUT2D eigenvalue weighted by Crippen LogP contribution is 2.30. The Hall–Kier alpha value is -1.87. The van der Waals surface area contributed by atoms with Crippen LogP contribution in [-0.4, -0.2) is 30.6 Å². The average Bonchev–Trinajstić information content (AvgIpc) is 2.86. The van der Waals surface area contributed by atoms with Crippen molar-refractivity contribution < 1.29 is 4.90 Å². The van der Waals surface area contributed by atoms with Crippen LogP contribution in [-0.2, 0) is 6.42 Å². The molecule has 0 amide bonds. The van der Waals surface area contributed by atoms with Crippen LogP contribution in [0.15, 0.2) is 30.5 Å². The van der Waals surface area contributed by atoms with Crippen LogP contribution in [0.4, 0.5) is 0 Å². The first-order valence-corrected chi connectivity index (χ1v) is 7.80. The van der Waals surface area contributed by atoms with Gasteiger partial charge in [0.25, 0.3) is 0 Å². The second-order valence-electron chi connectivity index (χ2n) is 6.20. The Kier molecular flexibility index (Phi) is 3.93. The molecule has 0 aliphatic rings. The molecule has 0 atom stereocenters. The number of aromatic amines is 1. The van der Waals surface area contributed by atoms with E-state index in [0.29, 0.717) is 0 Å². The first-order chi connectivity index (χ1) is 10.2. The molecule has 2 aromatic heterocycles. The van der Waals surface area contributed by atoms with E-state index in [9.17, 15) is 0 Å². The van der Waals surface area contributed by atoms with E-state index < -0.39 is 0 Å². The number of aromatic nitrogens is 2. The number of hydrogen-bond donors (Lipinski definition) is 2. The molecule has 110 valence electrons. The highest BCUT2D eigenvalue weighted by molar-refractivity contribution is 6.09. The Bertz CT molecular complexity index is 756. The van der Waals surface area contributed by atoms with Crippen LogP contribution in [0.5, 0.6) is 0 Å². The SMILES string of the molecule is Cc1ncc(CCCC[NH+](C)C)c2c1[nH]c1ccccc12. The zero-order valence-corrected chi connectivity index (χ0v) is 13.2. The number of nitrogens with zero attached hydrogens (tertiary/aromatic N) is 1. The van der Waals surface area contributed by atoms with Crippen LogP contribution in [0.3, 0.4) is 0 Å². The number of para-hydroxylation sites is 1. The van der Waals surface area contributed by atoms with E-state index in [4.69, 9.17) is 0 Å². The smallest absolute Gasteiger partial charge is 0.0766 e. The lowest BCUT2D eigenvalue weighted by Crippen LogP contribution is -3.05. The summed E-state index contributed by atoms with van der Waals surface area (Å²) in [5, 5.41) is 2.70. The molecular formula is C18H24N3+. The molecule has 0 aliphatic heterocycles. The van der Waals surface area contributed by atoms with Crippen LogP contribution < -0.4 is 4.90 Å². The summed E-state index contributed by atoms with van der Waals surface area (Å²) in [6.45, 7) is 3.31. The molecular weight excluding hydrogens is 258 g/mol. The predicted molar refractivity (Wildman–Crippen MR) is 89.0 cm³/mol. The molecule has 3 nitrogen and oxygen atoms in total. The molecule has 0 bridgehead atoms. The van der Waals surface area contributed by atoms with Gasteiger partial charge in [-0.1, -0.05) is 18.2 Å². The van der Waals surface area contributed by atoms with Crippen molar-refractivity contribution in [3.63, 3.8) is 0 Å². The minimum Gasteiger partial charge on any atom is -0.353 e. The van der Waals surface area contributed by atoms with Crippen molar-refractivity contribution in [1.82, 2.24) is 9.97 Å². The largest absolute Gasteiger partial charge is 0.353 e. The zero-order chi connectivity index (χ0) is 14.8. The van der Waals surface area contributed by atoms with E-state index in [0.717, 1.165) is 12.1 Å². The minimum absolute atomic E-state index is 1.09. The van der Waals surface area contributed by atoms with Gasteiger partial charge in [-0.2, -0.15) is 0 Å². The Morgan fingerprint density at radius 1 is 1.14 bits per heavy atom. The molecule has 0 saturated heterocycles. The Labute approximate surface area is 126 Å². The molecule has 21 heavy (non-hydrogen) atoms. The van der Waals surface area contributed by atoms with Gasteiger partial charge in [0.15, 0.2) is 0 Å². The van der Waals surface area contributed by atoms with E-state index in [1.165, 1.54) is 51.7 Å². The van der Waals surface area contributed by atoms with Crippen molar-refractivity contribution >= 4 is 21.8 Å². The highest BCUT2D eigenvalue weighted by atomic mass is 15.0. The first-order valence-electron chi connectivity index (χ1n) is 7.80. The second kappa shape index (κ2) is 5.86. The van der Waals surface area contributed by atoms with Crippen LogP contribution >= 0.6 is 0 Å². The average molecular weight is 282 g/mol. The lowest BCUT2D eigenvalue weighted by atomic mass is 10.0. The standard InChI is InChI=1S/C18H23N3/c1-13-18-17(15-9-4-5-10-16(15)20-18)14(12-19-13)8-6-7-11-21(2)3/h4-5,9-10,12,20H,6-8,11H2,1-3H3/p+1. The number of H-pyrrole nitrogens is 1. The lowest BCUT2D eigenvalue weighted by Gasteiger charge is -2.08. The molecule has 0 spiro atoms. The topological polar surface area (TPSA) is 33.1 Å². The molecule has 0 radical (unpaired) electrons. The molecule has 2 N–H and O–H groups in total. The van der Waals surface area contributed by atoms with E-state index in [2.05, 4.69) is 61.4 Å². The summed E-state index contributed by atoms with van der Waals surface area (Å²) in [4.78, 5) is 9.63. The van der Waals surface area contributed by atoms with Gasteiger partial charge in [0.1, 0.15) is 0 Å².